The fourth-order valence-electron chi connectivity index (χ4n) is 1.68. The van der Waals surface area contributed by atoms with E-state index in [4.69, 9.17) is 13.8 Å². The van der Waals surface area contributed by atoms with Gasteiger partial charge < -0.3 is 13.8 Å². The highest BCUT2D eigenvalue weighted by atomic mass is 31.2. The van der Waals surface area contributed by atoms with Gasteiger partial charge in [0.2, 0.25) is 5.85 Å². The van der Waals surface area contributed by atoms with Crippen molar-refractivity contribution in [2.24, 2.45) is 0 Å². The van der Waals surface area contributed by atoms with Crippen molar-refractivity contribution in [1.82, 2.24) is 0 Å². The monoisotopic (exact) mass is 312 g/mol. The van der Waals surface area contributed by atoms with Crippen molar-refractivity contribution in [3.05, 3.63) is 42.0 Å². The molecule has 0 N–H and O–H groups in total. The number of rotatable bonds is 8. The maximum Gasteiger partial charge on any atom is 0.374 e. The molecule has 1 atom stereocenters. The van der Waals surface area contributed by atoms with Crippen molar-refractivity contribution in [2.45, 2.75) is 26.6 Å². The number of hydrogen-bond donors (Lipinski definition) is 0. The molecule has 0 unspecified atom stereocenters. The molecule has 0 aliphatic heterocycles. The third-order valence-corrected chi connectivity index (χ3v) is 4.61. The standard InChI is InChI=1S/C15H21O5P/c1-4-18-21(17,19-5-2)15(20-13(3)16)12-11-14-9-7-6-8-10-14/h6-12,15H,4-5H2,1-3H3/b12-11+/t15-/m1/s1. The van der Waals surface area contributed by atoms with Gasteiger partial charge in [0, 0.05) is 6.92 Å². The van der Waals surface area contributed by atoms with Crippen LogP contribution in [0.1, 0.15) is 26.3 Å². The van der Waals surface area contributed by atoms with Gasteiger partial charge in [-0.1, -0.05) is 36.4 Å². The van der Waals surface area contributed by atoms with Crippen LogP contribution < -0.4 is 0 Å². The lowest BCUT2D eigenvalue weighted by Gasteiger charge is -2.23. The molecule has 1 aromatic rings. The Morgan fingerprint density at radius 1 is 1.19 bits per heavy atom. The number of carbonyl (C=O) groups is 1. The number of carbonyl (C=O) groups excluding carboxylic acids is 1. The summed E-state index contributed by atoms with van der Waals surface area (Å²) >= 11 is 0. The summed E-state index contributed by atoms with van der Waals surface area (Å²) in [6, 6.07) is 9.42. The quantitative estimate of drug-likeness (QED) is 0.539. The summed E-state index contributed by atoms with van der Waals surface area (Å²) in [7, 11) is -3.55. The minimum Gasteiger partial charge on any atom is -0.445 e. The van der Waals surface area contributed by atoms with Gasteiger partial charge in [-0.3, -0.25) is 9.36 Å². The van der Waals surface area contributed by atoms with Crippen LogP contribution in [0, 0.1) is 0 Å². The van der Waals surface area contributed by atoms with E-state index in [1.54, 1.807) is 19.9 Å². The lowest BCUT2D eigenvalue weighted by atomic mass is 10.2. The SMILES string of the molecule is CCOP(=O)(OCC)[C@H](/C=C/c1ccccc1)OC(C)=O. The highest BCUT2D eigenvalue weighted by Crippen LogP contribution is 2.54. The normalized spacial score (nSPS) is 13.3. The molecule has 0 aromatic heterocycles. The first-order valence-electron chi connectivity index (χ1n) is 6.81. The van der Waals surface area contributed by atoms with Gasteiger partial charge in [0.15, 0.2) is 0 Å². The molecule has 6 heteroatoms. The third kappa shape index (κ3) is 5.84. The van der Waals surface area contributed by atoms with Crippen LogP contribution in [0.2, 0.25) is 0 Å². The number of esters is 1. The second-order valence-electron chi connectivity index (χ2n) is 4.15. The third-order valence-electron chi connectivity index (χ3n) is 2.47. The molecular formula is C15H21O5P. The Morgan fingerprint density at radius 2 is 1.76 bits per heavy atom. The molecule has 0 bridgehead atoms. The topological polar surface area (TPSA) is 61.8 Å². The van der Waals surface area contributed by atoms with Crippen LogP contribution in [0.5, 0.6) is 0 Å². The molecule has 1 aromatic carbocycles. The maximum absolute atomic E-state index is 12.7. The lowest BCUT2D eigenvalue weighted by molar-refractivity contribution is -0.142. The molecule has 5 nitrogen and oxygen atoms in total. The van der Waals surface area contributed by atoms with Crippen molar-refractivity contribution in [2.75, 3.05) is 13.2 Å². The number of ether oxygens (including phenoxy) is 1. The van der Waals surface area contributed by atoms with Crippen LogP contribution in [0.4, 0.5) is 0 Å². The summed E-state index contributed by atoms with van der Waals surface area (Å²) < 4.78 is 28.3. The fourth-order valence-corrected chi connectivity index (χ4v) is 3.34. The zero-order valence-electron chi connectivity index (χ0n) is 12.5. The van der Waals surface area contributed by atoms with E-state index in [1.165, 1.54) is 13.0 Å². The van der Waals surface area contributed by atoms with E-state index < -0.39 is 19.4 Å². The van der Waals surface area contributed by atoms with Gasteiger partial charge in [0.05, 0.1) is 13.2 Å². The first kappa shape index (κ1) is 17.6. The first-order valence-corrected chi connectivity index (χ1v) is 8.42. The first-order chi connectivity index (χ1) is 10.0. The minimum atomic E-state index is -3.55. The predicted octanol–water partition coefficient (Wildman–Crippen LogP) is 3.86. The molecule has 0 aliphatic carbocycles. The van der Waals surface area contributed by atoms with Gasteiger partial charge in [-0.25, -0.2) is 0 Å². The van der Waals surface area contributed by atoms with Crippen LogP contribution in [0.25, 0.3) is 6.08 Å². The molecular weight excluding hydrogens is 291 g/mol. The summed E-state index contributed by atoms with van der Waals surface area (Å²) in [5, 5.41) is 0. The van der Waals surface area contributed by atoms with Crippen molar-refractivity contribution >= 4 is 19.6 Å². The average molecular weight is 312 g/mol. The summed E-state index contributed by atoms with van der Waals surface area (Å²) in [4.78, 5) is 11.2. The molecule has 0 fully saturated rings. The zero-order chi connectivity index (χ0) is 15.7. The van der Waals surface area contributed by atoms with E-state index in [9.17, 15) is 9.36 Å². The van der Waals surface area contributed by atoms with E-state index in [0.717, 1.165) is 5.56 Å². The Morgan fingerprint density at radius 3 is 2.24 bits per heavy atom. The van der Waals surface area contributed by atoms with E-state index >= 15 is 0 Å². The zero-order valence-corrected chi connectivity index (χ0v) is 13.4. The van der Waals surface area contributed by atoms with Crippen molar-refractivity contribution in [3.63, 3.8) is 0 Å². The van der Waals surface area contributed by atoms with Crippen molar-refractivity contribution < 1.29 is 23.1 Å². The maximum atomic E-state index is 12.7. The van der Waals surface area contributed by atoms with Crippen LogP contribution in [0.15, 0.2) is 36.4 Å². The second kappa shape index (κ2) is 8.78. The summed E-state index contributed by atoms with van der Waals surface area (Å²) in [6.45, 7) is 5.07. The minimum absolute atomic E-state index is 0.203. The smallest absolute Gasteiger partial charge is 0.374 e. The predicted molar refractivity (Wildman–Crippen MR) is 81.9 cm³/mol. The molecule has 0 aliphatic rings. The van der Waals surface area contributed by atoms with Crippen LogP contribution in [0.3, 0.4) is 0 Å². The Bertz CT molecular complexity index is 502. The molecule has 0 radical (unpaired) electrons. The molecule has 0 spiro atoms. The summed E-state index contributed by atoms with van der Waals surface area (Å²) in [6.07, 6.45) is 3.25. The summed E-state index contributed by atoms with van der Waals surface area (Å²) in [5.74, 6) is -1.60. The van der Waals surface area contributed by atoms with Crippen molar-refractivity contribution in [3.8, 4) is 0 Å². The molecule has 21 heavy (non-hydrogen) atoms. The lowest BCUT2D eigenvalue weighted by Crippen LogP contribution is -2.17. The number of hydrogen-bond acceptors (Lipinski definition) is 5. The van der Waals surface area contributed by atoms with Gasteiger partial charge in [-0.15, -0.1) is 0 Å². The average Bonchev–Trinajstić information content (AvgIpc) is 2.44. The Hall–Kier alpha value is -1.42. The molecule has 1 rings (SSSR count). The van der Waals surface area contributed by atoms with E-state index in [2.05, 4.69) is 0 Å². The fraction of sp³-hybridized carbons (Fsp3) is 0.400. The van der Waals surface area contributed by atoms with E-state index in [0.29, 0.717) is 0 Å². The molecule has 0 saturated heterocycles. The molecule has 0 saturated carbocycles. The Kier molecular flexibility index (Phi) is 7.37. The van der Waals surface area contributed by atoms with E-state index in [-0.39, 0.29) is 13.2 Å². The van der Waals surface area contributed by atoms with Gasteiger partial charge in [-0.2, -0.15) is 0 Å². The molecule has 0 heterocycles. The number of benzene rings is 1. The second-order valence-corrected chi connectivity index (χ2v) is 6.25. The van der Waals surface area contributed by atoms with Gasteiger partial charge in [-0.05, 0) is 25.5 Å². The molecule has 116 valence electrons. The Balaban J connectivity index is 3.00. The largest absolute Gasteiger partial charge is 0.445 e. The van der Waals surface area contributed by atoms with E-state index in [1.807, 2.05) is 30.3 Å². The molecule has 0 amide bonds. The van der Waals surface area contributed by atoms with Crippen molar-refractivity contribution in [1.29, 1.82) is 0 Å². The summed E-state index contributed by atoms with van der Waals surface area (Å²) in [5.41, 5.74) is 0.897. The van der Waals surface area contributed by atoms with Gasteiger partial charge in [0.1, 0.15) is 0 Å². The van der Waals surface area contributed by atoms with Crippen LogP contribution in [-0.4, -0.2) is 25.0 Å². The highest BCUT2D eigenvalue weighted by Gasteiger charge is 2.36. The van der Waals surface area contributed by atoms with Gasteiger partial charge >= 0.3 is 13.6 Å². The Labute approximate surface area is 125 Å². The highest BCUT2D eigenvalue weighted by molar-refractivity contribution is 7.54. The van der Waals surface area contributed by atoms with Gasteiger partial charge in [0.25, 0.3) is 0 Å². The van der Waals surface area contributed by atoms with Crippen LogP contribution in [-0.2, 0) is 23.1 Å². The van der Waals surface area contributed by atoms with Crippen LogP contribution >= 0.6 is 7.60 Å².